The smallest absolute Gasteiger partial charge is 0.407 e. The van der Waals surface area contributed by atoms with E-state index in [0.717, 1.165) is 22.3 Å². The molecule has 2 amide bonds. The number of aromatic nitrogens is 1. The molecule has 1 aromatic heterocycles. The van der Waals surface area contributed by atoms with Crippen molar-refractivity contribution >= 4 is 18.2 Å². The largest absolute Gasteiger partial charge is 0.480 e. The second-order valence-corrected chi connectivity index (χ2v) is 10.3. The Balaban J connectivity index is 1.26. The van der Waals surface area contributed by atoms with Gasteiger partial charge in [0.15, 0.2) is 0 Å². The number of rotatable bonds is 10. The van der Waals surface area contributed by atoms with Crippen LogP contribution in [0.3, 0.4) is 0 Å². The van der Waals surface area contributed by atoms with Crippen molar-refractivity contribution in [3.05, 3.63) is 83.6 Å². The number of fused-ring (bicyclic) bond motifs is 3. The van der Waals surface area contributed by atoms with Crippen LogP contribution in [0.5, 0.6) is 5.88 Å². The van der Waals surface area contributed by atoms with Gasteiger partial charge in [-0.2, -0.15) is 0 Å². The van der Waals surface area contributed by atoms with E-state index in [0.29, 0.717) is 11.4 Å². The van der Waals surface area contributed by atoms with Crippen molar-refractivity contribution in [3.63, 3.8) is 0 Å². The fraction of sp³-hybridized carbons (Fsp3) is 0.333. The quantitative estimate of drug-likeness (QED) is 0.315. The minimum absolute atomic E-state index is 0.00695. The number of carboxylic acid groups (broad SMARTS) is 1. The summed E-state index contributed by atoms with van der Waals surface area (Å²) < 4.78 is 16.1. The van der Waals surface area contributed by atoms with E-state index in [2.05, 4.69) is 15.6 Å². The summed E-state index contributed by atoms with van der Waals surface area (Å²) in [6.07, 6.45) is 0.140. The zero-order chi connectivity index (χ0) is 28.7. The van der Waals surface area contributed by atoms with Crippen LogP contribution in [0.15, 0.2) is 66.9 Å². The van der Waals surface area contributed by atoms with E-state index in [1.165, 1.54) is 6.20 Å². The first-order valence-electron chi connectivity index (χ1n) is 13.0. The average molecular weight is 548 g/mol. The van der Waals surface area contributed by atoms with Crippen LogP contribution >= 0.6 is 0 Å². The summed E-state index contributed by atoms with van der Waals surface area (Å²) in [5.74, 6) is -1.01. The fourth-order valence-electron chi connectivity index (χ4n) is 4.46. The third-order valence-corrected chi connectivity index (χ3v) is 6.19. The average Bonchev–Trinajstić information content (AvgIpc) is 3.23. The number of hydrogen-bond acceptors (Lipinski definition) is 7. The molecule has 10 nitrogen and oxygen atoms in total. The van der Waals surface area contributed by atoms with Gasteiger partial charge in [0.2, 0.25) is 5.88 Å². The Morgan fingerprint density at radius 2 is 1.60 bits per heavy atom. The molecule has 10 heteroatoms. The Kier molecular flexibility index (Phi) is 8.88. The van der Waals surface area contributed by atoms with Gasteiger partial charge in [-0.1, -0.05) is 54.6 Å². The molecule has 2 aromatic carbocycles. The maximum absolute atomic E-state index is 12.6. The summed E-state index contributed by atoms with van der Waals surface area (Å²) in [6.45, 7) is 5.81. The first-order valence-corrected chi connectivity index (χ1v) is 13.0. The lowest BCUT2D eigenvalue weighted by Crippen LogP contribution is -2.42. The van der Waals surface area contributed by atoms with E-state index in [4.69, 9.17) is 14.2 Å². The van der Waals surface area contributed by atoms with Gasteiger partial charge in [-0.05, 0) is 48.6 Å². The standard InChI is InChI=1S/C30H33N3O7/c1-30(2,3)40-28(36)31-14-15-38-26-13-12-19(17-32-26)16-25(27(34)35)33-29(37)39-18-24-22-10-6-4-8-20(22)21-9-5-7-11-23(21)24/h4-13,17,24-25H,14-16,18H2,1-3H3,(H,31,36)(H,33,37)(H,34,35). The van der Waals surface area contributed by atoms with Crippen molar-refractivity contribution in [2.24, 2.45) is 0 Å². The molecule has 0 radical (unpaired) electrons. The summed E-state index contributed by atoms with van der Waals surface area (Å²) in [4.78, 5) is 40.3. The molecule has 1 unspecified atom stereocenters. The van der Waals surface area contributed by atoms with E-state index in [1.54, 1.807) is 32.9 Å². The first kappa shape index (κ1) is 28.4. The molecule has 3 aromatic rings. The van der Waals surface area contributed by atoms with Crippen molar-refractivity contribution in [2.45, 2.75) is 44.8 Å². The molecule has 3 N–H and O–H groups in total. The van der Waals surface area contributed by atoms with Gasteiger partial charge in [0, 0.05) is 24.6 Å². The lowest BCUT2D eigenvalue weighted by molar-refractivity contribution is -0.139. The number of carbonyl (C=O) groups is 3. The van der Waals surface area contributed by atoms with Crippen LogP contribution in [-0.2, 0) is 20.7 Å². The lowest BCUT2D eigenvalue weighted by atomic mass is 9.98. The van der Waals surface area contributed by atoms with Gasteiger partial charge in [0.1, 0.15) is 24.9 Å². The van der Waals surface area contributed by atoms with Crippen LogP contribution in [0.1, 0.15) is 43.4 Å². The molecule has 1 heterocycles. The molecule has 210 valence electrons. The zero-order valence-electron chi connectivity index (χ0n) is 22.7. The second kappa shape index (κ2) is 12.5. The first-order chi connectivity index (χ1) is 19.1. The highest BCUT2D eigenvalue weighted by atomic mass is 16.6. The molecule has 0 saturated carbocycles. The fourth-order valence-corrected chi connectivity index (χ4v) is 4.46. The predicted octanol–water partition coefficient (Wildman–Crippen LogP) is 4.52. The van der Waals surface area contributed by atoms with Gasteiger partial charge in [0.25, 0.3) is 0 Å². The number of alkyl carbamates (subject to hydrolysis) is 2. The highest BCUT2D eigenvalue weighted by Gasteiger charge is 2.30. The number of ether oxygens (including phenoxy) is 3. The molecular weight excluding hydrogens is 514 g/mol. The molecule has 0 fully saturated rings. The molecule has 40 heavy (non-hydrogen) atoms. The zero-order valence-corrected chi connectivity index (χ0v) is 22.7. The maximum atomic E-state index is 12.6. The van der Waals surface area contributed by atoms with Crippen LogP contribution in [0, 0.1) is 0 Å². The van der Waals surface area contributed by atoms with Gasteiger partial charge in [-0.15, -0.1) is 0 Å². The summed E-state index contributed by atoms with van der Waals surface area (Å²) >= 11 is 0. The van der Waals surface area contributed by atoms with Crippen molar-refractivity contribution < 1.29 is 33.7 Å². The van der Waals surface area contributed by atoms with Crippen LogP contribution in [0.2, 0.25) is 0 Å². The third kappa shape index (κ3) is 7.49. The van der Waals surface area contributed by atoms with Crippen molar-refractivity contribution in [3.8, 4) is 17.0 Å². The number of pyridine rings is 1. The van der Waals surface area contributed by atoms with Crippen LogP contribution in [0.25, 0.3) is 11.1 Å². The van der Waals surface area contributed by atoms with E-state index >= 15 is 0 Å². The summed E-state index contributed by atoms with van der Waals surface area (Å²) in [5.41, 5.74) is 4.35. The number of carboxylic acids is 1. The highest BCUT2D eigenvalue weighted by molar-refractivity contribution is 5.81. The Morgan fingerprint density at radius 1 is 0.950 bits per heavy atom. The van der Waals surface area contributed by atoms with E-state index in [-0.39, 0.29) is 32.1 Å². The van der Waals surface area contributed by atoms with Crippen LogP contribution in [0.4, 0.5) is 9.59 Å². The minimum Gasteiger partial charge on any atom is -0.480 e. The Labute approximate surface area is 232 Å². The number of nitrogens with zero attached hydrogens (tertiary/aromatic N) is 1. The Bertz CT molecular complexity index is 1310. The molecule has 1 atom stereocenters. The van der Waals surface area contributed by atoms with Crippen molar-refractivity contribution in [1.29, 1.82) is 0 Å². The topological polar surface area (TPSA) is 136 Å². The molecule has 0 aliphatic heterocycles. The molecule has 0 spiro atoms. The molecule has 4 rings (SSSR count). The lowest BCUT2D eigenvalue weighted by Gasteiger charge is -2.19. The SMILES string of the molecule is CC(C)(C)OC(=O)NCCOc1ccc(CC(NC(=O)OCC2c3ccccc3-c3ccccc32)C(=O)O)cn1. The van der Waals surface area contributed by atoms with Gasteiger partial charge < -0.3 is 30.0 Å². The van der Waals surface area contributed by atoms with Gasteiger partial charge in [0.05, 0.1) is 6.54 Å². The number of benzene rings is 2. The van der Waals surface area contributed by atoms with Gasteiger partial charge in [-0.25, -0.2) is 19.4 Å². The van der Waals surface area contributed by atoms with Crippen LogP contribution in [-0.4, -0.2) is 59.6 Å². The summed E-state index contributed by atoms with van der Waals surface area (Å²) in [5, 5.41) is 14.7. The van der Waals surface area contributed by atoms with Gasteiger partial charge >= 0.3 is 18.2 Å². The normalized spacial score (nSPS) is 13.0. The van der Waals surface area contributed by atoms with Gasteiger partial charge in [-0.3, -0.25) is 0 Å². The molecule has 1 aliphatic rings. The van der Waals surface area contributed by atoms with E-state index in [9.17, 15) is 19.5 Å². The minimum atomic E-state index is -1.21. The maximum Gasteiger partial charge on any atom is 0.407 e. The van der Waals surface area contributed by atoms with E-state index < -0.39 is 29.8 Å². The number of carbonyl (C=O) groups excluding carboxylic acids is 2. The summed E-state index contributed by atoms with van der Waals surface area (Å²) in [6, 6.07) is 18.0. The van der Waals surface area contributed by atoms with E-state index in [1.807, 2.05) is 48.5 Å². The number of aliphatic carboxylic acids is 1. The number of amides is 2. The highest BCUT2D eigenvalue weighted by Crippen LogP contribution is 2.44. The predicted molar refractivity (Wildman–Crippen MR) is 147 cm³/mol. The van der Waals surface area contributed by atoms with Crippen molar-refractivity contribution in [1.82, 2.24) is 15.6 Å². The Morgan fingerprint density at radius 3 is 2.17 bits per heavy atom. The molecule has 0 saturated heterocycles. The molecule has 0 bridgehead atoms. The number of nitrogens with one attached hydrogen (secondary N) is 2. The van der Waals surface area contributed by atoms with Crippen LogP contribution < -0.4 is 15.4 Å². The summed E-state index contributed by atoms with van der Waals surface area (Å²) in [7, 11) is 0. The molecular formula is C30H33N3O7. The molecule has 1 aliphatic carbocycles. The number of hydrogen-bond donors (Lipinski definition) is 3. The monoisotopic (exact) mass is 547 g/mol. The third-order valence-electron chi connectivity index (χ3n) is 6.19. The van der Waals surface area contributed by atoms with Crippen molar-refractivity contribution in [2.75, 3.05) is 19.8 Å². The Hall–Kier alpha value is -4.60. The second-order valence-electron chi connectivity index (χ2n) is 10.3.